The Bertz CT molecular complexity index is 1990. The predicted molar refractivity (Wildman–Crippen MR) is 187 cm³/mol. The summed E-state index contributed by atoms with van der Waals surface area (Å²) in [5.74, 6) is 1.07. The third-order valence-corrected chi connectivity index (χ3v) is 9.80. The minimum atomic E-state index is -3.89. The Morgan fingerprint density at radius 1 is 0.848 bits per heavy atom. The van der Waals surface area contributed by atoms with Crippen molar-refractivity contribution in [2.24, 2.45) is 5.92 Å². The van der Waals surface area contributed by atoms with Crippen molar-refractivity contribution in [1.82, 2.24) is 14.3 Å². The highest BCUT2D eigenvalue weighted by Gasteiger charge is 2.28. The Kier molecular flexibility index (Phi) is 9.13. The maximum absolute atomic E-state index is 12.4. The van der Waals surface area contributed by atoms with Gasteiger partial charge in [-0.25, -0.2) is 14.0 Å². The lowest BCUT2D eigenvalue weighted by molar-refractivity contribution is 0.392. The first-order valence-corrected chi connectivity index (χ1v) is 17.3. The van der Waals surface area contributed by atoms with Crippen LogP contribution in [0.5, 0.6) is 0 Å². The van der Waals surface area contributed by atoms with Crippen molar-refractivity contribution in [2.75, 3.05) is 4.31 Å². The van der Waals surface area contributed by atoms with Gasteiger partial charge >= 0.3 is 10.2 Å². The summed E-state index contributed by atoms with van der Waals surface area (Å²) in [6, 6.07) is 29.6. The number of benzene rings is 4. The summed E-state index contributed by atoms with van der Waals surface area (Å²) < 4.78 is 29.7. The van der Waals surface area contributed by atoms with Gasteiger partial charge < -0.3 is 9.67 Å². The maximum Gasteiger partial charge on any atom is 0.330 e. The number of aliphatic hydroxyl groups excluding tert-OH is 1. The second-order valence-electron chi connectivity index (χ2n) is 11.8. The van der Waals surface area contributed by atoms with Crippen molar-refractivity contribution in [1.29, 1.82) is 0 Å². The van der Waals surface area contributed by atoms with Gasteiger partial charge in [0.15, 0.2) is 0 Å². The summed E-state index contributed by atoms with van der Waals surface area (Å²) in [6.45, 7) is 4.53. The fourth-order valence-corrected chi connectivity index (χ4v) is 7.09. The largest absolute Gasteiger partial charge is 0.493 e. The third kappa shape index (κ3) is 7.09. The van der Waals surface area contributed by atoms with E-state index >= 15 is 0 Å². The molecular formula is C36H34Cl2N4O3S. The van der Waals surface area contributed by atoms with E-state index in [9.17, 15) is 13.5 Å². The fraction of sp³-hybridized carbons (Fsp3) is 0.194. The van der Waals surface area contributed by atoms with Crippen molar-refractivity contribution in [2.45, 2.75) is 39.5 Å². The zero-order chi connectivity index (χ0) is 32.4. The molecule has 0 unspecified atom stereocenters. The fourth-order valence-electron chi connectivity index (χ4n) is 5.53. The van der Waals surface area contributed by atoms with Gasteiger partial charge in [-0.2, -0.15) is 8.42 Å². The molecule has 1 aromatic heterocycles. The number of nitrogens with zero attached hydrogens (tertiary/aromatic N) is 3. The maximum atomic E-state index is 12.4. The van der Waals surface area contributed by atoms with Crippen LogP contribution in [0.1, 0.15) is 43.6 Å². The van der Waals surface area contributed by atoms with Crippen LogP contribution in [0.15, 0.2) is 109 Å². The molecule has 5 aromatic rings. The minimum absolute atomic E-state index is 0.377. The Morgan fingerprint density at radius 2 is 1.48 bits per heavy atom. The van der Waals surface area contributed by atoms with Gasteiger partial charge in [0.2, 0.25) is 5.88 Å². The van der Waals surface area contributed by atoms with E-state index in [4.69, 9.17) is 28.2 Å². The van der Waals surface area contributed by atoms with Crippen LogP contribution in [-0.4, -0.2) is 23.1 Å². The van der Waals surface area contributed by atoms with Gasteiger partial charge in [0, 0.05) is 28.9 Å². The first-order chi connectivity index (χ1) is 22.1. The number of nitrogens with one attached hydrogen (secondary N) is 1. The summed E-state index contributed by atoms with van der Waals surface area (Å²) in [5.41, 5.74) is 7.38. The van der Waals surface area contributed by atoms with Crippen LogP contribution in [0.2, 0.25) is 10.0 Å². The van der Waals surface area contributed by atoms with E-state index in [1.54, 1.807) is 24.3 Å². The van der Waals surface area contributed by atoms with Crippen molar-refractivity contribution in [3.05, 3.63) is 136 Å². The zero-order valence-electron chi connectivity index (χ0n) is 25.5. The molecule has 0 fully saturated rings. The van der Waals surface area contributed by atoms with Crippen molar-refractivity contribution in [3.63, 3.8) is 0 Å². The van der Waals surface area contributed by atoms with Crippen LogP contribution in [0.4, 0.5) is 5.69 Å². The topological polar surface area (TPSA) is 87.5 Å². The van der Waals surface area contributed by atoms with Crippen LogP contribution >= 0.6 is 23.2 Å². The van der Waals surface area contributed by atoms with Gasteiger partial charge in [-0.3, -0.25) is 0 Å². The smallest absolute Gasteiger partial charge is 0.330 e. The van der Waals surface area contributed by atoms with Gasteiger partial charge in [0.1, 0.15) is 5.82 Å². The molecule has 0 amide bonds. The molecule has 10 heteroatoms. The summed E-state index contributed by atoms with van der Waals surface area (Å²) in [7, 11) is -3.89. The number of hydrogen-bond acceptors (Lipinski definition) is 4. The van der Waals surface area contributed by atoms with E-state index in [1.807, 2.05) is 29.0 Å². The molecule has 46 heavy (non-hydrogen) atoms. The highest BCUT2D eigenvalue weighted by atomic mass is 35.5. The van der Waals surface area contributed by atoms with E-state index in [0.29, 0.717) is 27.8 Å². The number of anilines is 1. The number of hydrogen-bond donors (Lipinski definition) is 2. The number of aromatic nitrogens is 2. The quantitative estimate of drug-likeness (QED) is 0.155. The molecule has 6 rings (SSSR count). The first-order valence-electron chi connectivity index (χ1n) is 15.1. The molecule has 1 aliphatic heterocycles. The van der Waals surface area contributed by atoms with E-state index in [-0.39, 0.29) is 0 Å². The minimum Gasteiger partial charge on any atom is -0.493 e. The van der Waals surface area contributed by atoms with E-state index in [2.05, 4.69) is 67.1 Å². The molecule has 0 atom stereocenters. The van der Waals surface area contributed by atoms with Gasteiger partial charge in [0.05, 0.1) is 22.6 Å². The zero-order valence-corrected chi connectivity index (χ0v) is 27.8. The van der Waals surface area contributed by atoms with Crippen molar-refractivity contribution < 1.29 is 13.5 Å². The molecule has 0 saturated heterocycles. The summed E-state index contributed by atoms with van der Waals surface area (Å²) >= 11 is 12.7. The molecule has 4 aromatic carbocycles. The molecule has 0 radical (unpaired) electrons. The summed E-state index contributed by atoms with van der Waals surface area (Å²) in [4.78, 5) is 4.98. The van der Waals surface area contributed by atoms with Crippen molar-refractivity contribution >= 4 is 39.1 Å². The van der Waals surface area contributed by atoms with Crippen LogP contribution < -0.4 is 9.03 Å². The molecule has 2 heterocycles. The van der Waals surface area contributed by atoms with Gasteiger partial charge in [0.25, 0.3) is 0 Å². The normalized spacial score (nSPS) is 14.0. The SMILES string of the molecule is CC(C)CCCc1ccc(-c2ccc(Cc3nc(-c4ccc(Cl)cc4Cl)cn3-c3ccc(N4C=C(O)NS4(=O)=O)cc3)cc2)cc1. The Labute approximate surface area is 279 Å². The van der Waals surface area contributed by atoms with Crippen LogP contribution in [0.3, 0.4) is 0 Å². The molecule has 2 N–H and O–H groups in total. The number of aryl methyl sites for hydroxylation is 1. The molecule has 1 aliphatic rings. The lowest BCUT2D eigenvalue weighted by atomic mass is 9.99. The van der Waals surface area contributed by atoms with Gasteiger partial charge in [-0.15, -0.1) is 0 Å². The monoisotopic (exact) mass is 672 g/mol. The average Bonchev–Trinajstić information content (AvgIpc) is 3.56. The van der Waals surface area contributed by atoms with E-state index < -0.39 is 16.1 Å². The molecule has 0 aliphatic carbocycles. The highest BCUT2D eigenvalue weighted by molar-refractivity contribution is 7.91. The van der Waals surface area contributed by atoms with Gasteiger partial charge in [-0.1, -0.05) is 92.0 Å². The van der Waals surface area contributed by atoms with Crippen molar-refractivity contribution in [3.8, 4) is 28.1 Å². The Balaban J connectivity index is 1.27. The molecule has 0 spiro atoms. The number of imidazole rings is 1. The van der Waals surface area contributed by atoms with Gasteiger partial charge in [-0.05, 0) is 83.5 Å². The molecule has 0 bridgehead atoms. The Morgan fingerprint density at radius 3 is 2.07 bits per heavy atom. The second-order valence-corrected chi connectivity index (χ2v) is 14.2. The molecule has 236 valence electrons. The summed E-state index contributed by atoms with van der Waals surface area (Å²) in [6.07, 6.45) is 7.13. The summed E-state index contributed by atoms with van der Waals surface area (Å²) in [5, 5.41) is 10.7. The predicted octanol–water partition coefficient (Wildman–Crippen LogP) is 9.09. The second kappa shape index (κ2) is 13.2. The van der Waals surface area contributed by atoms with Crippen LogP contribution in [-0.2, 0) is 23.1 Å². The lowest BCUT2D eigenvalue weighted by Gasteiger charge is -2.15. The number of halogens is 2. The van der Waals surface area contributed by atoms with Crippen LogP contribution in [0.25, 0.3) is 28.1 Å². The van der Waals surface area contributed by atoms with Crippen LogP contribution in [0, 0.1) is 5.92 Å². The molecule has 7 nitrogen and oxygen atoms in total. The molecule has 0 saturated carbocycles. The molecular weight excluding hydrogens is 639 g/mol. The highest BCUT2D eigenvalue weighted by Crippen LogP contribution is 2.32. The lowest BCUT2D eigenvalue weighted by Crippen LogP contribution is -2.29. The van der Waals surface area contributed by atoms with E-state index in [1.165, 1.54) is 24.0 Å². The third-order valence-electron chi connectivity index (χ3n) is 7.95. The average molecular weight is 674 g/mol. The van der Waals surface area contributed by atoms with E-state index in [0.717, 1.165) is 51.0 Å². The Hall–Kier alpha value is -4.24. The number of aliphatic hydroxyl groups is 1. The standard InChI is InChI=1S/C36H34Cl2N4O3S/c1-24(2)4-3-5-25-6-10-27(11-7-25)28-12-8-26(9-13-28)20-35-39-34(32-19-14-29(37)21-33(32)38)22-41(35)30-15-17-31(18-16-30)42-23-36(43)40-46(42,44)45/h6-19,21-24,40,43H,3-5,20H2,1-2H3. The first kappa shape index (κ1) is 31.7. The number of rotatable bonds is 10.